The molecule has 1 rings (SSSR count). The largest absolute Gasteiger partial charge is 0.395 e. The van der Waals surface area contributed by atoms with Crippen LogP contribution >= 0.6 is 0 Å². The minimum absolute atomic E-state index is 0.243. The van der Waals surface area contributed by atoms with Crippen molar-refractivity contribution in [3.8, 4) is 0 Å². The third kappa shape index (κ3) is 4.40. The fourth-order valence-corrected chi connectivity index (χ4v) is 2.05. The van der Waals surface area contributed by atoms with Crippen molar-refractivity contribution >= 4 is 0 Å². The number of likely N-dealkylation sites (N-methyl/N-ethyl adjacent to an activating group) is 1. The van der Waals surface area contributed by atoms with Gasteiger partial charge in [0.05, 0.1) is 6.61 Å². The van der Waals surface area contributed by atoms with Crippen LogP contribution in [-0.2, 0) is 0 Å². The fourth-order valence-electron chi connectivity index (χ4n) is 2.05. The molecule has 1 aliphatic heterocycles. The lowest BCUT2D eigenvalue weighted by Crippen LogP contribution is -2.42. The lowest BCUT2D eigenvalue weighted by Gasteiger charge is -2.27. The molecule has 0 radical (unpaired) electrons. The summed E-state index contributed by atoms with van der Waals surface area (Å²) in [6, 6.07) is 0.245. The van der Waals surface area contributed by atoms with E-state index in [0.29, 0.717) is 0 Å². The van der Waals surface area contributed by atoms with Crippen LogP contribution in [-0.4, -0.2) is 49.3 Å². The summed E-state index contributed by atoms with van der Waals surface area (Å²) in [5, 5.41) is 12.2. The van der Waals surface area contributed by atoms with E-state index in [1.165, 1.54) is 45.2 Å². The van der Waals surface area contributed by atoms with E-state index in [1.54, 1.807) is 0 Å². The standard InChI is InChI=1S/C11H24N2O/c1-12-11(10-14)9-13-7-5-3-2-4-6-8-13/h11-12,14H,2-10H2,1H3. The summed E-state index contributed by atoms with van der Waals surface area (Å²) in [4.78, 5) is 2.48. The third-order valence-electron chi connectivity index (χ3n) is 3.06. The van der Waals surface area contributed by atoms with Gasteiger partial charge in [-0.1, -0.05) is 19.3 Å². The van der Waals surface area contributed by atoms with Gasteiger partial charge in [0.15, 0.2) is 0 Å². The molecule has 84 valence electrons. The number of aliphatic hydroxyl groups is 1. The van der Waals surface area contributed by atoms with Crippen molar-refractivity contribution in [2.24, 2.45) is 0 Å². The molecule has 0 saturated carbocycles. The molecule has 1 heterocycles. The second-order valence-electron chi connectivity index (χ2n) is 4.24. The zero-order valence-corrected chi connectivity index (χ0v) is 9.34. The molecule has 0 aliphatic carbocycles. The first-order chi connectivity index (χ1) is 6.86. The van der Waals surface area contributed by atoms with E-state index in [4.69, 9.17) is 5.11 Å². The molecule has 0 aromatic heterocycles. The molecule has 1 aliphatic rings. The van der Waals surface area contributed by atoms with Gasteiger partial charge in [-0.25, -0.2) is 0 Å². The van der Waals surface area contributed by atoms with E-state index in [1.807, 2.05) is 7.05 Å². The molecule has 1 unspecified atom stereocenters. The molecule has 0 aromatic carbocycles. The Hall–Kier alpha value is -0.120. The Morgan fingerprint density at radius 2 is 1.71 bits per heavy atom. The SMILES string of the molecule is CNC(CO)CN1CCCCCCC1. The van der Waals surface area contributed by atoms with Gasteiger partial charge >= 0.3 is 0 Å². The highest BCUT2D eigenvalue weighted by molar-refractivity contribution is 4.71. The number of hydrogen-bond donors (Lipinski definition) is 2. The van der Waals surface area contributed by atoms with Crippen molar-refractivity contribution in [2.75, 3.05) is 33.3 Å². The quantitative estimate of drug-likeness (QED) is 0.705. The Morgan fingerprint density at radius 1 is 1.14 bits per heavy atom. The van der Waals surface area contributed by atoms with Gasteiger partial charge in [-0.05, 0) is 33.0 Å². The zero-order chi connectivity index (χ0) is 10.2. The highest BCUT2D eigenvalue weighted by Crippen LogP contribution is 2.10. The number of aliphatic hydroxyl groups excluding tert-OH is 1. The predicted octanol–water partition coefficient (Wildman–Crippen LogP) is 0.833. The molecule has 1 fully saturated rings. The number of likely N-dealkylation sites (tertiary alicyclic amines) is 1. The first-order valence-corrected chi connectivity index (χ1v) is 5.87. The van der Waals surface area contributed by atoms with Crippen LogP contribution in [0.4, 0.5) is 0 Å². The zero-order valence-electron chi connectivity index (χ0n) is 9.34. The second kappa shape index (κ2) is 7.21. The van der Waals surface area contributed by atoms with E-state index in [0.717, 1.165) is 6.54 Å². The summed E-state index contributed by atoms with van der Waals surface area (Å²) < 4.78 is 0. The van der Waals surface area contributed by atoms with Gasteiger partial charge in [-0.15, -0.1) is 0 Å². The van der Waals surface area contributed by atoms with Crippen LogP contribution in [0, 0.1) is 0 Å². The third-order valence-corrected chi connectivity index (χ3v) is 3.06. The minimum atomic E-state index is 0.243. The van der Waals surface area contributed by atoms with Gasteiger partial charge < -0.3 is 15.3 Å². The Bertz CT molecular complexity index is 129. The van der Waals surface area contributed by atoms with Crippen LogP contribution in [0.25, 0.3) is 0 Å². The van der Waals surface area contributed by atoms with Gasteiger partial charge in [-0.2, -0.15) is 0 Å². The Labute approximate surface area is 87.5 Å². The maximum absolute atomic E-state index is 9.09. The fraction of sp³-hybridized carbons (Fsp3) is 1.00. The molecule has 1 atom stereocenters. The molecule has 3 nitrogen and oxygen atoms in total. The van der Waals surface area contributed by atoms with Crippen molar-refractivity contribution in [1.82, 2.24) is 10.2 Å². The molecule has 2 N–H and O–H groups in total. The summed E-state index contributed by atoms with van der Waals surface area (Å²) in [5.41, 5.74) is 0. The monoisotopic (exact) mass is 200 g/mol. The van der Waals surface area contributed by atoms with Gasteiger partial charge in [0, 0.05) is 12.6 Å². The van der Waals surface area contributed by atoms with Gasteiger partial charge in [-0.3, -0.25) is 0 Å². The van der Waals surface area contributed by atoms with E-state index in [-0.39, 0.29) is 12.6 Å². The Kier molecular flexibility index (Phi) is 6.15. The number of rotatable bonds is 4. The normalized spacial score (nSPS) is 22.7. The van der Waals surface area contributed by atoms with Crippen LogP contribution in [0.2, 0.25) is 0 Å². The van der Waals surface area contributed by atoms with Crippen LogP contribution in [0.3, 0.4) is 0 Å². The van der Waals surface area contributed by atoms with E-state index >= 15 is 0 Å². The first-order valence-electron chi connectivity index (χ1n) is 5.87. The van der Waals surface area contributed by atoms with Crippen LogP contribution in [0.1, 0.15) is 32.1 Å². The lowest BCUT2D eigenvalue weighted by atomic mass is 10.1. The van der Waals surface area contributed by atoms with Crippen LogP contribution in [0.5, 0.6) is 0 Å². The molecule has 0 aromatic rings. The smallest absolute Gasteiger partial charge is 0.0597 e. The number of hydrogen-bond acceptors (Lipinski definition) is 3. The van der Waals surface area contributed by atoms with Gasteiger partial charge in [0.25, 0.3) is 0 Å². The van der Waals surface area contributed by atoms with Crippen molar-refractivity contribution in [3.63, 3.8) is 0 Å². The van der Waals surface area contributed by atoms with Crippen molar-refractivity contribution in [2.45, 2.75) is 38.1 Å². The Balaban J connectivity index is 2.25. The first kappa shape index (κ1) is 12.0. The van der Waals surface area contributed by atoms with Crippen LogP contribution in [0.15, 0.2) is 0 Å². The maximum Gasteiger partial charge on any atom is 0.0597 e. The van der Waals surface area contributed by atoms with Crippen molar-refractivity contribution in [1.29, 1.82) is 0 Å². The van der Waals surface area contributed by atoms with E-state index < -0.39 is 0 Å². The van der Waals surface area contributed by atoms with Crippen molar-refractivity contribution in [3.05, 3.63) is 0 Å². The second-order valence-corrected chi connectivity index (χ2v) is 4.24. The highest BCUT2D eigenvalue weighted by atomic mass is 16.3. The van der Waals surface area contributed by atoms with Crippen molar-refractivity contribution < 1.29 is 5.11 Å². The molecular weight excluding hydrogens is 176 g/mol. The van der Waals surface area contributed by atoms with Crippen LogP contribution < -0.4 is 5.32 Å². The lowest BCUT2D eigenvalue weighted by molar-refractivity contribution is 0.177. The number of nitrogens with zero attached hydrogens (tertiary/aromatic N) is 1. The number of nitrogens with one attached hydrogen (secondary N) is 1. The summed E-state index contributed by atoms with van der Waals surface area (Å²) in [6.07, 6.45) is 6.80. The summed E-state index contributed by atoms with van der Waals surface area (Å²) in [7, 11) is 1.92. The molecule has 1 saturated heterocycles. The molecule has 3 heteroatoms. The maximum atomic E-state index is 9.09. The summed E-state index contributed by atoms with van der Waals surface area (Å²) >= 11 is 0. The Morgan fingerprint density at radius 3 is 2.21 bits per heavy atom. The average molecular weight is 200 g/mol. The van der Waals surface area contributed by atoms with Gasteiger partial charge in [0.2, 0.25) is 0 Å². The van der Waals surface area contributed by atoms with E-state index in [2.05, 4.69) is 10.2 Å². The minimum Gasteiger partial charge on any atom is -0.395 e. The average Bonchev–Trinajstić information content (AvgIpc) is 2.16. The van der Waals surface area contributed by atoms with E-state index in [9.17, 15) is 0 Å². The highest BCUT2D eigenvalue weighted by Gasteiger charge is 2.12. The molecule has 0 amide bonds. The summed E-state index contributed by atoms with van der Waals surface area (Å²) in [6.45, 7) is 3.65. The summed E-state index contributed by atoms with van der Waals surface area (Å²) in [5.74, 6) is 0. The molecular formula is C11H24N2O. The predicted molar refractivity (Wildman–Crippen MR) is 59.5 cm³/mol. The molecule has 0 bridgehead atoms. The van der Waals surface area contributed by atoms with Gasteiger partial charge in [0.1, 0.15) is 0 Å². The topological polar surface area (TPSA) is 35.5 Å². The molecule has 14 heavy (non-hydrogen) atoms. The molecule has 0 spiro atoms.